The molecule has 1 aliphatic carbocycles. The second-order valence-corrected chi connectivity index (χ2v) is 5.54. The number of rotatable bonds is 1. The molecule has 92 valence electrons. The van der Waals surface area contributed by atoms with E-state index in [0.29, 0.717) is 0 Å². The standard InChI is InChI=1S/C16H16ClN/c17-15-7-5-14(6-8-15)16(18)10-9-12-3-1-2-4-13(12)11-16/h1-8H,9-11,18H2. The van der Waals surface area contributed by atoms with Gasteiger partial charge in [0.1, 0.15) is 0 Å². The van der Waals surface area contributed by atoms with E-state index < -0.39 is 0 Å². The van der Waals surface area contributed by atoms with Crippen molar-refractivity contribution in [1.29, 1.82) is 0 Å². The van der Waals surface area contributed by atoms with Gasteiger partial charge in [-0.1, -0.05) is 48.0 Å². The van der Waals surface area contributed by atoms with Crippen LogP contribution in [0.5, 0.6) is 0 Å². The van der Waals surface area contributed by atoms with Crippen molar-refractivity contribution in [3.63, 3.8) is 0 Å². The smallest absolute Gasteiger partial charge is 0.0453 e. The third-order valence-electron chi connectivity index (χ3n) is 3.88. The number of halogens is 1. The first kappa shape index (κ1) is 11.8. The van der Waals surface area contributed by atoms with Crippen molar-refractivity contribution in [2.75, 3.05) is 0 Å². The molecule has 0 heterocycles. The van der Waals surface area contributed by atoms with Gasteiger partial charge in [-0.15, -0.1) is 0 Å². The molecule has 0 amide bonds. The minimum absolute atomic E-state index is 0.251. The average Bonchev–Trinajstić information content (AvgIpc) is 2.39. The molecule has 1 unspecified atom stereocenters. The Morgan fingerprint density at radius 3 is 2.33 bits per heavy atom. The molecule has 2 heteroatoms. The van der Waals surface area contributed by atoms with Crippen LogP contribution in [-0.4, -0.2) is 0 Å². The maximum atomic E-state index is 6.60. The van der Waals surface area contributed by atoms with Crippen LogP contribution < -0.4 is 5.73 Å². The second kappa shape index (κ2) is 4.42. The lowest BCUT2D eigenvalue weighted by Crippen LogP contribution is -2.42. The fourth-order valence-electron chi connectivity index (χ4n) is 2.79. The molecule has 1 nitrogen and oxygen atoms in total. The van der Waals surface area contributed by atoms with E-state index in [4.69, 9.17) is 17.3 Å². The van der Waals surface area contributed by atoms with Crippen LogP contribution in [0.1, 0.15) is 23.1 Å². The molecular weight excluding hydrogens is 242 g/mol. The molecule has 0 fully saturated rings. The molecule has 0 bridgehead atoms. The average molecular weight is 258 g/mol. The van der Waals surface area contributed by atoms with Crippen LogP contribution in [0.2, 0.25) is 5.02 Å². The Balaban J connectivity index is 1.96. The normalized spacial score (nSPS) is 22.6. The minimum atomic E-state index is -0.251. The Labute approximate surface area is 113 Å². The van der Waals surface area contributed by atoms with Crippen molar-refractivity contribution < 1.29 is 0 Å². The van der Waals surface area contributed by atoms with Gasteiger partial charge in [-0.05, 0) is 48.1 Å². The summed E-state index contributed by atoms with van der Waals surface area (Å²) in [4.78, 5) is 0. The van der Waals surface area contributed by atoms with Crippen LogP contribution in [0.3, 0.4) is 0 Å². The third kappa shape index (κ3) is 2.05. The van der Waals surface area contributed by atoms with Crippen molar-refractivity contribution in [2.45, 2.75) is 24.8 Å². The van der Waals surface area contributed by atoms with Crippen molar-refractivity contribution in [2.24, 2.45) is 5.73 Å². The molecule has 0 spiro atoms. The summed E-state index contributed by atoms with van der Waals surface area (Å²) in [7, 11) is 0. The largest absolute Gasteiger partial charge is 0.321 e. The molecule has 18 heavy (non-hydrogen) atoms. The molecular formula is C16H16ClN. The summed E-state index contributed by atoms with van der Waals surface area (Å²) in [5.41, 5.74) is 10.3. The molecule has 0 radical (unpaired) electrons. The summed E-state index contributed by atoms with van der Waals surface area (Å²) in [6, 6.07) is 16.5. The van der Waals surface area contributed by atoms with Gasteiger partial charge in [-0.3, -0.25) is 0 Å². The Morgan fingerprint density at radius 2 is 1.61 bits per heavy atom. The van der Waals surface area contributed by atoms with E-state index in [-0.39, 0.29) is 5.54 Å². The van der Waals surface area contributed by atoms with Crippen LogP contribution in [0.25, 0.3) is 0 Å². The van der Waals surface area contributed by atoms with Crippen LogP contribution in [0, 0.1) is 0 Å². The van der Waals surface area contributed by atoms with Crippen molar-refractivity contribution >= 4 is 11.6 Å². The van der Waals surface area contributed by atoms with E-state index in [1.165, 1.54) is 16.7 Å². The zero-order valence-electron chi connectivity index (χ0n) is 10.2. The number of benzene rings is 2. The summed E-state index contributed by atoms with van der Waals surface area (Å²) in [5.74, 6) is 0. The maximum Gasteiger partial charge on any atom is 0.0453 e. The van der Waals surface area contributed by atoms with Crippen LogP contribution in [0.4, 0.5) is 0 Å². The quantitative estimate of drug-likeness (QED) is 0.829. The summed E-state index contributed by atoms with van der Waals surface area (Å²) in [6.07, 6.45) is 2.95. The number of hydrogen-bond acceptors (Lipinski definition) is 1. The fraction of sp³-hybridized carbons (Fsp3) is 0.250. The topological polar surface area (TPSA) is 26.0 Å². The molecule has 2 aromatic carbocycles. The van der Waals surface area contributed by atoms with E-state index >= 15 is 0 Å². The van der Waals surface area contributed by atoms with Gasteiger partial charge < -0.3 is 5.73 Å². The lowest BCUT2D eigenvalue weighted by atomic mass is 9.75. The second-order valence-electron chi connectivity index (χ2n) is 5.11. The zero-order chi connectivity index (χ0) is 12.6. The summed E-state index contributed by atoms with van der Waals surface area (Å²) >= 11 is 5.94. The molecule has 0 aliphatic heterocycles. The number of hydrogen-bond donors (Lipinski definition) is 1. The maximum absolute atomic E-state index is 6.60. The highest BCUT2D eigenvalue weighted by Crippen LogP contribution is 2.34. The summed E-state index contributed by atoms with van der Waals surface area (Å²) < 4.78 is 0. The Kier molecular flexibility index (Phi) is 2.89. The Morgan fingerprint density at radius 1 is 0.944 bits per heavy atom. The first-order chi connectivity index (χ1) is 8.67. The lowest BCUT2D eigenvalue weighted by molar-refractivity contribution is 0.385. The van der Waals surface area contributed by atoms with Gasteiger partial charge in [-0.25, -0.2) is 0 Å². The van der Waals surface area contributed by atoms with E-state index in [1.807, 2.05) is 12.1 Å². The van der Waals surface area contributed by atoms with Gasteiger partial charge >= 0.3 is 0 Å². The van der Waals surface area contributed by atoms with Gasteiger partial charge in [0.15, 0.2) is 0 Å². The van der Waals surface area contributed by atoms with Gasteiger partial charge in [0.2, 0.25) is 0 Å². The third-order valence-corrected chi connectivity index (χ3v) is 4.14. The van der Waals surface area contributed by atoms with Gasteiger partial charge in [0.05, 0.1) is 0 Å². The summed E-state index contributed by atoms with van der Waals surface area (Å²) in [6.45, 7) is 0. The van der Waals surface area contributed by atoms with E-state index in [1.54, 1.807) is 0 Å². The summed E-state index contributed by atoms with van der Waals surface area (Å²) in [5, 5.41) is 0.763. The molecule has 2 N–H and O–H groups in total. The number of nitrogens with two attached hydrogens (primary N) is 1. The zero-order valence-corrected chi connectivity index (χ0v) is 11.0. The number of fused-ring (bicyclic) bond motifs is 1. The molecule has 2 aromatic rings. The van der Waals surface area contributed by atoms with Crippen LogP contribution in [-0.2, 0) is 18.4 Å². The highest BCUT2D eigenvalue weighted by Gasteiger charge is 2.31. The first-order valence-corrected chi connectivity index (χ1v) is 6.67. The molecule has 3 rings (SSSR count). The number of aryl methyl sites for hydroxylation is 1. The fourth-order valence-corrected chi connectivity index (χ4v) is 2.91. The molecule has 1 atom stereocenters. The highest BCUT2D eigenvalue weighted by molar-refractivity contribution is 6.30. The van der Waals surface area contributed by atoms with E-state index in [0.717, 1.165) is 24.3 Å². The molecule has 0 aromatic heterocycles. The monoisotopic (exact) mass is 257 g/mol. The Hall–Kier alpha value is -1.31. The highest BCUT2D eigenvalue weighted by atomic mass is 35.5. The minimum Gasteiger partial charge on any atom is -0.321 e. The molecule has 1 aliphatic rings. The van der Waals surface area contributed by atoms with E-state index in [9.17, 15) is 0 Å². The molecule has 0 saturated carbocycles. The predicted octanol–water partition coefficient (Wildman–Crippen LogP) is 3.68. The predicted molar refractivity (Wildman–Crippen MR) is 75.8 cm³/mol. The Bertz CT molecular complexity index is 562. The van der Waals surface area contributed by atoms with Gasteiger partial charge in [0, 0.05) is 10.6 Å². The van der Waals surface area contributed by atoms with Crippen LogP contribution >= 0.6 is 11.6 Å². The van der Waals surface area contributed by atoms with Gasteiger partial charge in [0.25, 0.3) is 0 Å². The van der Waals surface area contributed by atoms with Crippen molar-refractivity contribution in [3.8, 4) is 0 Å². The van der Waals surface area contributed by atoms with Crippen molar-refractivity contribution in [3.05, 3.63) is 70.2 Å². The van der Waals surface area contributed by atoms with Crippen LogP contribution in [0.15, 0.2) is 48.5 Å². The van der Waals surface area contributed by atoms with E-state index in [2.05, 4.69) is 36.4 Å². The first-order valence-electron chi connectivity index (χ1n) is 6.29. The lowest BCUT2D eigenvalue weighted by Gasteiger charge is -2.35. The van der Waals surface area contributed by atoms with Gasteiger partial charge in [-0.2, -0.15) is 0 Å². The molecule has 0 saturated heterocycles. The SMILES string of the molecule is NC1(c2ccc(Cl)cc2)CCc2ccccc2C1. The van der Waals surface area contributed by atoms with Crippen molar-refractivity contribution in [1.82, 2.24) is 0 Å².